The molecule has 2 aliphatic rings. The summed E-state index contributed by atoms with van der Waals surface area (Å²) in [5, 5.41) is 0. The van der Waals surface area contributed by atoms with Crippen molar-refractivity contribution in [2.24, 2.45) is 11.7 Å². The minimum absolute atomic E-state index is 0.635. The Hall–Kier alpha value is -0.860. The van der Waals surface area contributed by atoms with E-state index in [2.05, 4.69) is 35.2 Å². The van der Waals surface area contributed by atoms with Gasteiger partial charge in [-0.05, 0) is 43.2 Å². The van der Waals surface area contributed by atoms with E-state index in [0.717, 1.165) is 18.4 Å². The van der Waals surface area contributed by atoms with E-state index < -0.39 is 0 Å². The van der Waals surface area contributed by atoms with Crippen LogP contribution in [0.5, 0.6) is 0 Å². The van der Waals surface area contributed by atoms with Gasteiger partial charge in [-0.15, -0.1) is 0 Å². The number of nitrogens with two attached hydrogens (primary N) is 1. The summed E-state index contributed by atoms with van der Waals surface area (Å²) in [5.41, 5.74) is 7.58. The zero-order valence-electron chi connectivity index (χ0n) is 11.8. The molecule has 1 aromatic rings. The summed E-state index contributed by atoms with van der Waals surface area (Å²) in [4.78, 5) is 2.67. The van der Waals surface area contributed by atoms with Gasteiger partial charge in [0.05, 0.1) is 0 Å². The van der Waals surface area contributed by atoms with Crippen LogP contribution >= 0.6 is 0 Å². The zero-order chi connectivity index (χ0) is 13.1. The van der Waals surface area contributed by atoms with Crippen molar-refractivity contribution in [2.75, 3.05) is 19.6 Å². The molecule has 1 saturated carbocycles. The SMILES string of the molecule is NCC(C1CCCC1)N1CCC(c2ccccc2)C1. The van der Waals surface area contributed by atoms with Crippen LogP contribution in [0.25, 0.3) is 0 Å². The lowest BCUT2D eigenvalue weighted by Gasteiger charge is -2.31. The molecular formula is C17H26N2. The number of hydrogen-bond acceptors (Lipinski definition) is 2. The van der Waals surface area contributed by atoms with Gasteiger partial charge in [0.2, 0.25) is 0 Å². The van der Waals surface area contributed by atoms with Gasteiger partial charge in [0.25, 0.3) is 0 Å². The highest BCUT2D eigenvalue weighted by atomic mass is 15.2. The van der Waals surface area contributed by atoms with Crippen LogP contribution in [0.3, 0.4) is 0 Å². The van der Waals surface area contributed by atoms with Crippen LogP contribution < -0.4 is 5.73 Å². The van der Waals surface area contributed by atoms with Gasteiger partial charge in [0.1, 0.15) is 0 Å². The molecular weight excluding hydrogens is 232 g/mol. The molecule has 2 atom stereocenters. The van der Waals surface area contributed by atoms with Crippen LogP contribution in [-0.2, 0) is 0 Å². The molecule has 2 fully saturated rings. The smallest absolute Gasteiger partial charge is 0.0246 e. The van der Waals surface area contributed by atoms with Crippen LogP contribution in [0.4, 0.5) is 0 Å². The van der Waals surface area contributed by atoms with Gasteiger partial charge in [-0.1, -0.05) is 43.2 Å². The molecule has 0 radical (unpaired) electrons. The number of likely N-dealkylation sites (tertiary alicyclic amines) is 1. The Kier molecular flexibility index (Phi) is 4.19. The van der Waals surface area contributed by atoms with Crippen molar-refractivity contribution in [1.29, 1.82) is 0 Å². The van der Waals surface area contributed by atoms with E-state index >= 15 is 0 Å². The first-order valence-electron chi connectivity index (χ1n) is 7.87. The van der Waals surface area contributed by atoms with E-state index in [-0.39, 0.29) is 0 Å². The summed E-state index contributed by atoms with van der Waals surface area (Å²) in [6.07, 6.45) is 6.92. The number of benzene rings is 1. The van der Waals surface area contributed by atoms with Crippen molar-refractivity contribution in [1.82, 2.24) is 4.90 Å². The van der Waals surface area contributed by atoms with Crippen molar-refractivity contribution >= 4 is 0 Å². The van der Waals surface area contributed by atoms with E-state index in [1.807, 2.05) is 0 Å². The Labute approximate surface area is 117 Å². The molecule has 1 aromatic carbocycles. The molecule has 104 valence electrons. The molecule has 2 nitrogen and oxygen atoms in total. The molecule has 0 spiro atoms. The number of nitrogens with zero attached hydrogens (tertiary/aromatic N) is 1. The van der Waals surface area contributed by atoms with Gasteiger partial charge in [0.15, 0.2) is 0 Å². The van der Waals surface area contributed by atoms with E-state index in [9.17, 15) is 0 Å². The summed E-state index contributed by atoms with van der Waals surface area (Å²) in [7, 11) is 0. The summed E-state index contributed by atoms with van der Waals surface area (Å²) in [6.45, 7) is 3.28. The summed E-state index contributed by atoms with van der Waals surface area (Å²) in [5.74, 6) is 1.58. The fourth-order valence-corrected chi connectivity index (χ4v) is 4.07. The molecule has 19 heavy (non-hydrogen) atoms. The molecule has 2 unspecified atom stereocenters. The molecule has 3 rings (SSSR count). The molecule has 1 aliphatic heterocycles. The van der Waals surface area contributed by atoms with Crippen LogP contribution in [0, 0.1) is 5.92 Å². The summed E-state index contributed by atoms with van der Waals surface area (Å²) < 4.78 is 0. The minimum Gasteiger partial charge on any atom is -0.329 e. The van der Waals surface area contributed by atoms with Gasteiger partial charge < -0.3 is 5.73 Å². The van der Waals surface area contributed by atoms with Gasteiger partial charge >= 0.3 is 0 Å². The summed E-state index contributed by atoms with van der Waals surface area (Å²) >= 11 is 0. The quantitative estimate of drug-likeness (QED) is 0.899. The maximum Gasteiger partial charge on any atom is 0.0246 e. The normalized spacial score (nSPS) is 26.9. The van der Waals surface area contributed by atoms with Crippen LogP contribution in [0.1, 0.15) is 43.6 Å². The van der Waals surface area contributed by atoms with Crippen molar-refractivity contribution in [3.05, 3.63) is 35.9 Å². The van der Waals surface area contributed by atoms with Gasteiger partial charge in [-0.2, -0.15) is 0 Å². The predicted octanol–water partition coefficient (Wildman–Crippen LogP) is 2.99. The van der Waals surface area contributed by atoms with Crippen LogP contribution in [0.2, 0.25) is 0 Å². The molecule has 1 aliphatic carbocycles. The van der Waals surface area contributed by atoms with Crippen molar-refractivity contribution in [2.45, 2.75) is 44.1 Å². The Bertz CT molecular complexity index is 384. The highest BCUT2D eigenvalue weighted by Gasteiger charge is 2.33. The van der Waals surface area contributed by atoms with Crippen molar-refractivity contribution in [3.8, 4) is 0 Å². The van der Waals surface area contributed by atoms with E-state index in [0.29, 0.717) is 6.04 Å². The molecule has 1 heterocycles. The minimum atomic E-state index is 0.635. The topological polar surface area (TPSA) is 29.3 Å². The maximum atomic E-state index is 6.07. The lowest BCUT2D eigenvalue weighted by Crippen LogP contribution is -2.43. The third kappa shape index (κ3) is 2.85. The number of rotatable bonds is 4. The maximum absolute atomic E-state index is 6.07. The molecule has 1 saturated heterocycles. The van der Waals surface area contributed by atoms with E-state index in [1.54, 1.807) is 0 Å². The lowest BCUT2D eigenvalue weighted by molar-refractivity contribution is 0.179. The highest BCUT2D eigenvalue weighted by Crippen LogP contribution is 2.34. The Morgan fingerprint density at radius 1 is 1.11 bits per heavy atom. The first-order valence-corrected chi connectivity index (χ1v) is 7.87. The fourth-order valence-electron chi connectivity index (χ4n) is 4.07. The Morgan fingerprint density at radius 3 is 2.53 bits per heavy atom. The molecule has 2 N–H and O–H groups in total. The molecule has 0 aromatic heterocycles. The third-order valence-corrected chi connectivity index (χ3v) is 5.15. The Morgan fingerprint density at radius 2 is 1.84 bits per heavy atom. The molecule has 0 amide bonds. The standard InChI is InChI=1S/C17H26N2/c18-12-17(15-8-4-5-9-15)19-11-10-16(13-19)14-6-2-1-3-7-14/h1-3,6-7,15-17H,4-5,8-13,18H2. The second-order valence-corrected chi connectivity index (χ2v) is 6.24. The van der Waals surface area contributed by atoms with Crippen molar-refractivity contribution in [3.63, 3.8) is 0 Å². The van der Waals surface area contributed by atoms with Gasteiger partial charge in [0, 0.05) is 19.1 Å². The van der Waals surface area contributed by atoms with Crippen LogP contribution in [0.15, 0.2) is 30.3 Å². The van der Waals surface area contributed by atoms with Crippen molar-refractivity contribution < 1.29 is 0 Å². The van der Waals surface area contributed by atoms with E-state index in [1.165, 1.54) is 50.8 Å². The lowest BCUT2D eigenvalue weighted by atomic mass is 9.96. The van der Waals surface area contributed by atoms with E-state index in [4.69, 9.17) is 5.73 Å². The third-order valence-electron chi connectivity index (χ3n) is 5.15. The second kappa shape index (κ2) is 6.06. The summed E-state index contributed by atoms with van der Waals surface area (Å²) in [6, 6.07) is 11.6. The largest absolute Gasteiger partial charge is 0.329 e. The van der Waals surface area contributed by atoms with Gasteiger partial charge in [-0.25, -0.2) is 0 Å². The van der Waals surface area contributed by atoms with Gasteiger partial charge in [-0.3, -0.25) is 4.90 Å². The Balaban J connectivity index is 1.64. The number of hydrogen-bond donors (Lipinski definition) is 1. The fraction of sp³-hybridized carbons (Fsp3) is 0.647. The first-order chi connectivity index (χ1) is 9.38. The monoisotopic (exact) mass is 258 g/mol. The highest BCUT2D eigenvalue weighted by molar-refractivity contribution is 5.21. The average Bonchev–Trinajstić information content (AvgIpc) is 3.12. The first kappa shape index (κ1) is 13.1. The molecule has 2 heteroatoms. The molecule has 0 bridgehead atoms. The average molecular weight is 258 g/mol. The van der Waals surface area contributed by atoms with Crippen LogP contribution in [-0.4, -0.2) is 30.6 Å². The predicted molar refractivity (Wildman–Crippen MR) is 80.2 cm³/mol. The second-order valence-electron chi connectivity index (χ2n) is 6.24. The zero-order valence-corrected chi connectivity index (χ0v) is 11.8.